The molecule has 0 unspecified atom stereocenters. The number of carbonyl (C=O) groups is 1. The molecule has 12 nitrogen and oxygen atoms in total. The summed E-state index contributed by atoms with van der Waals surface area (Å²) in [6.07, 6.45) is 2.79. The summed E-state index contributed by atoms with van der Waals surface area (Å²) in [6.45, 7) is 12.3. The highest BCUT2D eigenvalue weighted by atomic mass is 32.2. The zero-order valence-electron chi connectivity index (χ0n) is 26.7. The minimum Gasteiger partial charge on any atom is -0.369 e. The maximum absolute atomic E-state index is 13.3. The Balaban J connectivity index is 1.19. The van der Waals surface area contributed by atoms with E-state index >= 15 is 0 Å². The molecule has 2 saturated heterocycles. The zero-order chi connectivity index (χ0) is 32.2. The van der Waals surface area contributed by atoms with Crippen LogP contribution in [-0.2, 0) is 19.7 Å². The maximum atomic E-state index is 13.3. The molecule has 0 amide bonds. The van der Waals surface area contributed by atoms with Crippen molar-refractivity contribution in [2.75, 3.05) is 61.8 Å². The molecule has 13 heteroatoms. The molecule has 1 aromatic heterocycles. The number of piperidine rings is 1. The molecule has 0 atom stereocenters. The second-order valence-electron chi connectivity index (χ2n) is 12.8. The molecule has 242 valence electrons. The van der Waals surface area contributed by atoms with E-state index in [1.54, 1.807) is 56.3 Å². The SMILES string of the molecule is Cc1cnc(Nc2ccc(N3CCN(C)CC3)cc2)nc1Nc1cccc(S(=O)(=O)NC2CCN(OC(=O)C(C)(C)C)CC2)c1. The van der Waals surface area contributed by atoms with E-state index in [1.807, 2.05) is 19.1 Å². The number of aryl methyl sites for hydroxylation is 1. The van der Waals surface area contributed by atoms with Crippen LogP contribution in [-0.4, -0.2) is 86.7 Å². The number of benzene rings is 2. The third kappa shape index (κ3) is 8.69. The first-order valence-corrected chi connectivity index (χ1v) is 16.8. The summed E-state index contributed by atoms with van der Waals surface area (Å²) in [5.41, 5.74) is 2.87. The van der Waals surface area contributed by atoms with Gasteiger partial charge in [-0.3, -0.25) is 0 Å². The van der Waals surface area contributed by atoms with Crippen molar-refractivity contribution in [2.45, 2.75) is 51.5 Å². The zero-order valence-corrected chi connectivity index (χ0v) is 27.5. The highest BCUT2D eigenvalue weighted by Crippen LogP contribution is 2.25. The van der Waals surface area contributed by atoms with Gasteiger partial charge in [-0.05, 0) is 90.0 Å². The number of nitrogens with one attached hydrogen (secondary N) is 3. The summed E-state index contributed by atoms with van der Waals surface area (Å²) >= 11 is 0. The van der Waals surface area contributed by atoms with Crippen LogP contribution in [0.25, 0.3) is 0 Å². The number of sulfonamides is 1. The Bertz CT molecular complexity index is 1580. The molecule has 2 aliphatic rings. The normalized spacial score (nSPS) is 17.2. The van der Waals surface area contributed by atoms with Crippen LogP contribution in [0, 0.1) is 12.3 Å². The number of rotatable bonds is 9. The molecular weight excluding hydrogens is 592 g/mol. The van der Waals surface area contributed by atoms with Crippen molar-refractivity contribution in [3.05, 3.63) is 60.3 Å². The number of aromatic nitrogens is 2. The van der Waals surface area contributed by atoms with Crippen LogP contribution < -0.4 is 20.3 Å². The average Bonchev–Trinajstić information content (AvgIpc) is 3.00. The van der Waals surface area contributed by atoms with Crippen molar-refractivity contribution in [1.29, 1.82) is 0 Å². The summed E-state index contributed by atoms with van der Waals surface area (Å²) in [5, 5.41) is 8.14. The minimum absolute atomic E-state index is 0.152. The second kappa shape index (κ2) is 13.7. The number of hydroxylamine groups is 2. The number of anilines is 5. The predicted octanol–water partition coefficient (Wildman–Crippen LogP) is 4.27. The lowest BCUT2D eigenvalue weighted by atomic mass is 9.98. The van der Waals surface area contributed by atoms with Crippen molar-refractivity contribution in [2.24, 2.45) is 5.41 Å². The number of hydrogen-bond acceptors (Lipinski definition) is 11. The third-order valence-corrected chi connectivity index (χ3v) is 9.49. The highest BCUT2D eigenvalue weighted by Gasteiger charge is 2.30. The largest absolute Gasteiger partial charge is 0.369 e. The monoisotopic (exact) mass is 636 g/mol. The maximum Gasteiger partial charge on any atom is 0.330 e. The molecule has 0 spiro atoms. The Morgan fingerprint density at radius 1 is 0.933 bits per heavy atom. The molecular formula is C32H44N8O4S. The third-order valence-electron chi connectivity index (χ3n) is 7.97. The summed E-state index contributed by atoms with van der Waals surface area (Å²) in [7, 11) is -1.63. The van der Waals surface area contributed by atoms with Gasteiger partial charge >= 0.3 is 5.97 Å². The fraction of sp³-hybridized carbons (Fsp3) is 0.469. The molecule has 45 heavy (non-hydrogen) atoms. The van der Waals surface area contributed by atoms with Gasteiger partial charge in [-0.15, -0.1) is 5.06 Å². The van der Waals surface area contributed by atoms with Gasteiger partial charge in [0.2, 0.25) is 16.0 Å². The van der Waals surface area contributed by atoms with Gasteiger partial charge in [0.15, 0.2) is 0 Å². The molecule has 3 N–H and O–H groups in total. The minimum atomic E-state index is -3.78. The van der Waals surface area contributed by atoms with Crippen molar-refractivity contribution >= 4 is 44.8 Å². The van der Waals surface area contributed by atoms with Crippen molar-refractivity contribution in [1.82, 2.24) is 24.7 Å². The predicted molar refractivity (Wildman–Crippen MR) is 176 cm³/mol. The first kappa shape index (κ1) is 32.6. The van der Waals surface area contributed by atoms with Crippen LogP contribution in [0.3, 0.4) is 0 Å². The number of hydrogen-bond donors (Lipinski definition) is 3. The van der Waals surface area contributed by atoms with Gasteiger partial charge in [-0.1, -0.05) is 6.07 Å². The number of piperazine rings is 1. The Kier molecular flexibility index (Phi) is 9.92. The van der Waals surface area contributed by atoms with Gasteiger partial charge in [0.1, 0.15) is 5.82 Å². The highest BCUT2D eigenvalue weighted by molar-refractivity contribution is 7.89. The summed E-state index contributed by atoms with van der Waals surface area (Å²) in [4.78, 5) is 31.6. The van der Waals surface area contributed by atoms with Crippen LogP contribution in [0.15, 0.2) is 59.6 Å². The van der Waals surface area contributed by atoms with Gasteiger partial charge in [0, 0.05) is 74.1 Å². The van der Waals surface area contributed by atoms with Crippen LogP contribution >= 0.6 is 0 Å². The van der Waals surface area contributed by atoms with Gasteiger partial charge < -0.3 is 25.3 Å². The van der Waals surface area contributed by atoms with E-state index in [4.69, 9.17) is 4.84 Å². The van der Waals surface area contributed by atoms with Crippen LogP contribution in [0.5, 0.6) is 0 Å². The lowest BCUT2D eigenvalue weighted by Crippen LogP contribution is -2.46. The van der Waals surface area contributed by atoms with Crippen molar-refractivity contribution in [3.8, 4) is 0 Å². The Morgan fingerprint density at radius 3 is 2.29 bits per heavy atom. The molecule has 3 aromatic rings. The average molecular weight is 637 g/mol. The van der Waals surface area contributed by atoms with E-state index < -0.39 is 15.4 Å². The van der Waals surface area contributed by atoms with Crippen molar-refractivity contribution in [3.63, 3.8) is 0 Å². The number of nitrogens with zero attached hydrogens (tertiary/aromatic N) is 5. The van der Waals surface area contributed by atoms with E-state index in [1.165, 1.54) is 5.69 Å². The molecule has 0 saturated carbocycles. The first-order chi connectivity index (χ1) is 21.4. The summed E-state index contributed by atoms with van der Waals surface area (Å²) in [6, 6.07) is 14.6. The number of carbonyl (C=O) groups excluding carboxylic acids is 1. The van der Waals surface area contributed by atoms with Gasteiger partial charge in [0.25, 0.3) is 0 Å². The summed E-state index contributed by atoms with van der Waals surface area (Å²) < 4.78 is 29.4. The van der Waals surface area contributed by atoms with E-state index in [-0.39, 0.29) is 16.9 Å². The van der Waals surface area contributed by atoms with Gasteiger partial charge in [-0.25, -0.2) is 22.9 Å². The van der Waals surface area contributed by atoms with E-state index in [0.717, 1.165) is 37.4 Å². The van der Waals surface area contributed by atoms with Crippen LogP contribution in [0.4, 0.5) is 28.8 Å². The molecule has 0 aliphatic carbocycles. The van der Waals surface area contributed by atoms with Gasteiger partial charge in [0.05, 0.1) is 10.3 Å². The second-order valence-corrected chi connectivity index (χ2v) is 14.5. The van der Waals surface area contributed by atoms with E-state index in [9.17, 15) is 13.2 Å². The van der Waals surface area contributed by atoms with E-state index in [2.05, 4.69) is 54.3 Å². The molecule has 2 aromatic carbocycles. The Labute approximate surface area is 266 Å². The summed E-state index contributed by atoms with van der Waals surface area (Å²) in [5.74, 6) is 0.699. The van der Waals surface area contributed by atoms with E-state index in [0.29, 0.717) is 43.4 Å². The fourth-order valence-corrected chi connectivity index (χ4v) is 6.41. The smallest absolute Gasteiger partial charge is 0.330 e. The lowest BCUT2D eigenvalue weighted by molar-refractivity contribution is -0.204. The lowest BCUT2D eigenvalue weighted by Gasteiger charge is -2.34. The molecule has 2 fully saturated rings. The van der Waals surface area contributed by atoms with Crippen molar-refractivity contribution < 1.29 is 18.0 Å². The molecule has 5 rings (SSSR count). The molecule has 0 radical (unpaired) electrons. The molecule has 2 aliphatic heterocycles. The molecule has 3 heterocycles. The van der Waals surface area contributed by atoms with Gasteiger partial charge in [-0.2, -0.15) is 4.98 Å². The number of likely N-dealkylation sites (N-methyl/N-ethyl adjacent to an activating group) is 1. The fourth-order valence-electron chi connectivity index (χ4n) is 5.06. The Morgan fingerprint density at radius 2 is 1.62 bits per heavy atom. The Hall–Kier alpha value is -3.78. The quantitative estimate of drug-likeness (QED) is 0.311. The molecule has 0 bridgehead atoms. The standard InChI is InChI=1S/C32H44N8O4S/c1-23-22-33-31(35-24-9-11-27(12-10-24)39-19-17-38(5)18-20-39)36-29(23)34-26-7-6-8-28(21-26)45(42,43)37-25-13-15-40(16-14-25)44-30(41)32(2,3)4/h6-12,21-22,25,37H,13-20H2,1-5H3,(H2,33,34,35,36). The van der Waals surface area contributed by atoms with Crippen LogP contribution in [0.1, 0.15) is 39.2 Å². The first-order valence-electron chi connectivity index (χ1n) is 15.4. The topological polar surface area (TPSA) is 132 Å². The van der Waals surface area contributed by atoms with Crippen LogP contribution in [0.2, 0.25) is 0 Å².